The molecule has 2 aromatic rings. The Labute approximate surface area is 197 Å². The molecule has 0 aromatic heterocycles. The van der Waals surface area contributed by atoms with Crippen molar-refractivity contribution in [3.05, 3.63) is 70.8 Å². The van der Waals surface area contributed by atoms with E-state index in [-0.39, 0.29) is 11.3 Å². The lowest BCUT2D eigenvalue weighted by Gasteiger charge is -2.25. The molecule has 1 saturated heterocycles. The minimum Gasteiger partial charge on any atom is -0.507 e. The molecule has 176 valence electrons. The number of likely N-dealkylation sites (tertiary alicyclic amines) is 1. The topological polar surface area (TPSA) is 66.8 Å². The Morgan fingerprint density at radius 2 is 1.64 bits per heavy atom. The van der Waals surface area contributed by atoms with E-state index < -0.39 is 17.7 Å². The second-order valence-electron chi connectivity index (χ2n) is 8.89. The second-order valence-corrected chi connectivity index (χ2v) is 8.89. The number of carbonyl (C=O) groups excluding carboxylic acids is 2. The maximum atomic E-state index is 13.1. The Morgan fingerprint density at radius 1 is 0.970 bits per heavy atom. The molecular weight excluding hydrogens is 414 g/mol. The number of nitrogens with zero attached hydrogens (tertiary/aromatic N) is 1. The molecule has 5 nitrogen and oxygen atoms in total. The van der Waals surface area contributed by atoms with Crippen molar-refractivity contribution in [1.29, 1.82) is 0 Å². The molecule has 1 heterocycles. The van der Waals surface area contributed by atoms with Crippen molar-refractivity contribution in [2.45, 2.75) is 65.3 Å². The lowest BCUT2D eigenvalue weighted by Crippen LogP contribution is -2.30. The monoisotopic (exact) mass is 449 g/mol. The third-order valence-electron chi connectivity index (χ3n) is 6.06. The van der Waals surface area contributed by atoms with E-state index >= 15 is 0 Å². The summed E-state index contributed by atoms with van der Waals surface area (Å²) in [5.41, 5.74) is 2.66. The summed E-state index contributed by atoms with van der Waals surface area (Å²) in [6.07, 6.45) is 3.71. The summed E-state index contributed by atoms with van der Waals surface area (Å²) >= 11 is 0. The SMILES string of the molecule is CCCCCN1C(=O)C(=O)/C(=C(\O)c2ccc(OCCC)cc2)C1c1ccc(C(C)C)cc1. The van der Waals surface area contributed by atoms with Crippen LogP contribution in [0, 0.1) is 0 Å². The molecule has 33 heavy (non-hydrogen) atoms. The molecule has 0 spiro atoms. The van der Waals surface area contributed by atoms with Gasteiger partial charge >= 0.3 is 0 Å². The van der Waals surface area contributed by atoms with Crippen molar-refractivity contribution in [3.63, 3.8) is 0 Å². The summed E-state index contributed by atoms with van der Waals surface area (Å²) in [6, 6.07) is 14.4. The van der Waals surface area contributed by atoms with E-state index in [4.69, 9.17) is 4.74 Å². The number of ketones is 1. The predicted molar refractivity (Wildman–Crippen MR) is 131 cm³/mol. The number of rotatable bonds is 10. The number of amides is 1. The lowest BCUT2D eigenvalue weighted by atomic mass is 9.93. The largest absolute Gasteiger partial charge is 0.507 e. The maximum absolute atomic E-state index is 13.1. The first-order valence-electron chi connectivity index (χ1n) is 12.0. The third-order valence-corrected chi connectivity index (χ3v) is 6.06. The molecule has 1 aliphatic heterocycles. The second kappa shape index (κ2) is 11.2. The average Bonchev–Trinajstić information content (AvgIpc) is 3.08. The third kappa shape index (κ3) is 5.47. The summed E-state index contributed by atoms with van der Waals surface area (Å²) < 4.78 is 5.62. The molecular formula is C28H35NO4. The van der Waals surface area contributed by atoms with Crippen LogP contribution in [-0.2, 0) is 9.59 Å². The van der Waals surface area contributed by atoms with Crippen LogP contribution in [0.25, 0.3) is 5.76 Å². The van der Waals surface area contributed by atoms with Gasteiger partial charge < -0.3 is 14.7 Å². The van der Waals surface area contributed by atoms with E-state index in [1.165, 1.54) is 5.56 Å². The van der Waals surface area contributed by atoms with Crippen LogP contribution in [0.2, 0.25) is 0 Å². The van der Waals surface area contributed by atoms with Gasteiger partial charge in [0.05, 0.1) is 18.2 Å². The van der Waals surface area contributed by atoms with Crippen molar-refractivity contribution in [3.8, 4) is 5.75 Å². The van der Waals surface area contributed by atoms with Crippen molar-refractivity contribution in [1.82, 2.24) is 4.90 Å². The Balaban J connectivity index is 2.03. The normalized spacial score (nSPS) is 17.7. The van der Waals surface area contributed by atoms with E-state index in [9.17, 15) is 14.7 Å². The number of ether oxygens (including phenoxy) is 1. The Kier molecular flexibility index (Phi) is 8.32. The summed E-state index contributed by atoms with van der Waals surface area (Å²) in [5, 5.41) is 11.2. The van der Waals surface area contributed by atoms with Gasteiger partial charge in [-0.3, -0.25) is 9.59 Å². The number of aliphatic hydroxyl groups is 1. The van der Waals surface area contributed by atoms with Crippen LogP contribution in [0.4, 0.5) is 0 Å². The molecule has 0 saturated carbocycles. The lowest BCUT2D eigenvalue weighted by molar-refractivity contribution is -0.139. The molecule has 0 aliphatic carbocycles. The van der Waals surface area contributed by atoms with E-state index in [1.54, 1.807) is 29.2 Å². The first-order valence-corrected chi connectivity index (χ1v) is 12.0. The highest BCUT2D eigenvalue weighted by Crippen LogP contribution is 2.40. The van der Waals surface area contributed by atoms with Crippen LogP contribution in [0.1, 0.15) is 82.0 Å². The van der Waals surface area contributed by atoms with Gasteiger partial charge in [0.2, 0.25) is 0 Å². The molecule has 1 atom stereocenters. The highest BCUT2D eigenvalue weighted by Gasteiger charge is 2.45. The average molecular weight is 450 g/mol. The van der Waals surface area contributed by atoms with Gasteiger partial charge in [0, 0.05) is 12.1 Å². The molecule has 0 radical (unpaired) electrons. The van der Waals surface area contributed by atoms with Crippen LogP contribution < -0.4 is 4.74 Å². The van der Waals surface area contributed by atoms with E-state index in [1.807, 2.05) is 31.2 Å². The molecule has 1 aliphatic rings. The molecule has 2 aromatic carbocycles. The van der Waals surface area contributed by atoms with Crippen molar-refractivity contribution < 1.29 is 19.4 Å². The smallest absolute Gasteiger partial charge is 0.295 e. The van der Waals surface area contributed by atoms with Crippen LogP contribution in [-0.4, -0.2) is 34.8 Å². The maximum Gasteiger partial charge on any atom is 0.295 e. The molecule has 1 N–H and O–H groups in total. The van der Waals surface area contributed by atoms with Gasteiger partial charge in [-0.2, -0.15) is 0 Å². The van der Waals surface area contributed by atoms with Crippen molar-refractivity contribution >= 4 is 17.4 Å². The first kappa shape index (κ1) is 24.6. The zero-order chi connectivity index (χ0) is 24.0. The zero-order valence-corrected chi connectivity index (χ0v) is 20.1. The summed E-state index contributed by atoms with van der Waals surface area (Å²) in [7, 11) is 0. The molecule has 0 bridgehead atoms. The minimum absolute atomic E-state index is 0.147. The fourth-order valence-corrected chi connectivity index (χ4v) is 4.14. The van der Waals surface area contributed by atoms with Gasteiger partial charge in [-0.1, -0.05) is 64.8 Å². The molecule has 1 unspecified atom stereocenters. The summed E-state index contributed by atoms with van der Waals surface area (Å²) in [5.74, 6) is -0.245. The van der Waals surface area contributed by atoms with Gasteiger partial charge in [-0.25, -0.2) is 0 Å². The molecule has 5 heteroatoms. The van der Waals surface area contributed by atoms with Gasteiger partial charge in [0.25, 0.3) is 11.7 Å². The zero-order valence-electron chi connectivity index (χ0n) is 20.1. The number of hydrogen-bond donors (Lipinski definition) is 1. The number of aliphatic hydroxyl groups excluding tert-OH is 1. The quantitative estimate of drug-likeness (QED) is 0.203. The summed E-state index contributed by atoms with van der Waals surface area (Å²) in [6.45, 7) is 9.48. The predicted octanol–water partition coefficient (Wildman–Crippen LogP) is 6.21. The minimum atomic E-state index is -0.631. The number of Topliss-reactive ketones (excluding diaryl/α,β-unsaturated/α-hetero) is 1. The standard InChI is InChI=1S/C28H35NO4/c1-5-7-8-17-29-25(21-11-9-20(10-12-21)19(3)4)24(27(31)28(29)32)26(30)22-13-15-23(16-14-22)33-18-6-2/h9-16,19,25,30H,5-8,17-18H2,1-4H3/b26-24-. The van der Waals surface area contributed by atoms with E-state index in [0.29, 0.717) is 30.4 Å². The highest BCUT2D eigenvalue weighted by molar-refractivity contribution is 6.46. The van der Waals surface area contributed by atoms with Crippen LogP contribution in [0.5, 0.6) is 5.75 Å². The summed E-state index contributed by atoms with van der Waals surface area (Å²) in [4.78, 5) is 27.7. The molecule has 1 amide bonds. The molecule has 1 fully saturated rings. The van der Waals surface area contributed by atoms with E-state index in [2.05, 4.69) is 20.8 Å². The van der Waals surface area contributed by atoms with Crippen LogP contribution in [0.15, 0.2) is 54.1 Å². The Bertz CT molecular complexity index is 990. The van der Waals surface area contributed by atoms with Crippen molar-refractivity contribution in [2.75, 3.05) is 13.2 Å². The number of benzene rings is 2. The fraction of sp³-hybridized carbons (Fsp3) is 0.429. The Morgan fingerprint density at radius 3 is 2.21 bits per heavy atom. The van der Waals surface area contributed by atoms with E-state index in [0.717, 1.165) is 31.2 Å². The first-order chi connectivity index (χ1) is 15.9. The van der Waals surface area contributed by atoms with Gasteiger partial charge in [0.1, 0.15) is 11.5 Å². The number of hydrogen-bond acceptors (Lipinski definition) is 4. The fourth-order valence-electron chi connectivity index (χ4n) is 4.14. The number of unbranched alkanes of at least 4 members (excludes halogenated alkanes) is 2. The number of carbonyl (C=O) groups is 2. The highest BCUT2D eigenvalue weighted by atomic mass is 16.5. The van der Waals surface area contributed by atoms with Crippen molar-refractivity contribution in [2.24, 2.45) is 0 Å². The van der Waals surface area contributed by atoms with Gasteiger partial charge in [-0.05, 0) is 54.2 Å². The van der Waals surface area contributed by atoms with Gasteiger partial charge in [-0.15, -0.1) is 0 Å². The molecule has 3 rings (SSSR count). The van der Waals surface area contributed by atoms with Crippen LogP contribution in [0.3, 0.4) is 0 Å². The van der Waals surface area contributed by atoms with Gasteiger partial charge in [0.15, 0.2) is 0 Å². The Hall–Kier alpha value is -3.08. The van der Waals surface area contributed by atoms with Crippen LogP contribution >= 0.6 is 0 Å².